The molecule has 1 N–H and O–H groups in total. The zero-order valence-electron chi connectivity index (χ0n) is 10.9. The standard InChI is InChI=1S/C13H22N2O2/c1-4-11(2)9-14-12-5-6-13(16)15(10-12)7-8-17-3/h5-6,10-11,14H,4,7-9H2,1-3H3. The van der Waals surface area contributed by atoms with E-state index in [0.29, 0.717) is 19.1 Å². The van der Waals surface area contributed by atoms with Gasteiger partial charge in [-0.2, -0.15) is 0 Å². The van der Waals surface area contributed by atoms with Gasteiger partial charge in [-0.15, -0.1) is 0 Å². The number of anilines is 1. The average Bonchev–Trinajstić information content (AvgIpc) is 2.35. The Balaban J connectivity index is 2.64. The maximum absolute atomic E-state index is 11.6. The van der Waals surface area contributed by atoms with Gasteiger partial charge in [0.05, 0.1) is 12.3 Å². The fraction of sp³-hybridized carbons (Fsp3) is 0.615. The second-order valence-electron chi connectivity index (χ2n) is 4.34. The lowest BCUT2D eigenvalue weighted by Crippen LogP contribution is -2.21. The highest BCUT2D eigenvalue weighted by Crippen LogP contribution is 2.06. The minimum Gasteiger partial charge on any atom is -0.384 e. The number of methoxy groups -OCH3 is 1. The lowest BCUT2D eigenvalue weighted by atomic mass is 10.1. The number of rotatable bonds is 7. The Labute approximate surface area is 103 Å². The van der Waals surface area contributed by atoms with Crippen LogP contribution >= 0.6 is 0 Å². The van der Waals surface area contributed by atoms with Crippen molar-refractivity contribution in [1.82, 2.24) is 4.57 Å². The van der Waals surface area contributed by atoms with Gasteiger partial charge in [0.15, 0.2) is 0 Å². The Hall–Kier alpha value is -1.29. The highest BCUT2D eigenvalue weighted by molar-refractivity contribution is 5.40. The first-order valence-corrected chi connectivity index (χ1v) is 6.10. The van der Waals surface area contributed by atoms with Crippen molar-refractivity contribution in [3.8, 4) is 0 Å². The number of aromatic nitrogens is 1. The van der Waals surface area contributed by atoms with E-state index in [2.05, 4.69) is 19.2 Å². The molecule has 0 aliphatic rings. The molecular weight excluding hydrogens is 216 g/mol. The summed E-state index contributed by atoms with van der Waals surface area (Å²) in [7, 11) is 1.63. The lowest BCUT2D eigenvalue weighted by Gasteiger charge is -2.13. The van der Waals surface area contributed by atoms with Crippen molar-refractivity contribution in [3.05, 3.63) is 28.7 Å². The Morgan fingerprint density at radius 2 is 2.24 bits per heavy atom. The quantitative estimate of drug-likeness (QED) is 0.789. The minimum absolute atomic E-state index is 0.0103. The predicted molar refractivity (Wildman–Crippen MR) is 70.5 cm³/mol. The van der Waals surface area contributed by atoms with Crippen LogP contribution in [0.2, 0.25) is 0 Å². The number of hydrogen-bond donors (Lipinski definition) is 1. The Kier molecular flexibility index (Phi) is 5.77. The third-order valence-corrected chi connectivity index (χ3v) is 2.87. The van der Waals surface area contributed by atoms with Gasteiger partial charge in [0, 0.05) is 32.5 Å². The smallest absolute Gasteiger partial charge is 0.250 e. The lowest BCUT2D eigenvalue weighted by molar-refractivity contribution is 0.186. The highest BCUT2D eigenvalue weighted by Gasteiger charge is 2.01. The summed E-state index contributed by atoms with van der Waals surface area (Å²) in [6, 6.07) is 3.42. The van der Waals surface area contributed by atoms with Crippen LogP contribution in [0.15, 0.2) is 23.1 Å². The molecule has 0 saturated carbocycles. The van der Waals surface area contributed by atoms with Crippen molar-refractivity contribution >= 4 is 5.69 Å². The van der Waals surface area contributed by atoms with E-state index in [-0.39, 0.29) is 5.56 Å². The molecule has 4 nitrogen and oxygen atoms in total. The Morgan fingerprint density at radius 1 is 1.47 bits per heavy atom. The van der Waals surface area contributed by atoms with Crippen molar-refractivity contribution in [1.29, 1.82) is 0 Å². The molecule has 0 fully saturated rings. The van der Waals surface area contributed by atoms with E-state index in [1.165, 1.54) is 0 Å². The summed E-state index contributed by atoms with van der Waals surface area (Å²) in [5.41, 5.74) is 0.997. The molecule has 1 heterocycles. The van der Waals surface area contributed by atoms with Crippen LogP contribution in [0.5, 0.6) is 0 Å². The van der Waals surface area contributed by atoms with Gasteiger partial charge >= 0.3 is 0 Å². The second kappa shape index (κ2) is 7.12. The monoisotopic (exact) mass is 238 g/mol. The topological polar surface area (TPSA) is 43.3 Å². The van der Waals surface area contributed by atoms with E-state index in [4.69, 9.17) is 4.74 Å². The van der Waals surface area contributed by atoms with Crippen LogP contribution < -0.4 is 10.9 Å². The van der Waals surface area contributed by atoms with Gasteiger partial charge in [-0.25, -0.2) is 0 Å². The van der Waals surface area contributed by atoms with Crippen LogP contribution in [0.4, 0.5) is 5.69 Å². The molecule has 1 atom stereocenters. The van der Waals surface area contributed by atoms with Crippen LogP contribution in [0.25, 0.3) is 0 Å². The number of pyridine rings is 1. The fourth-order valence-corrected chi connectivity index (χ4v) is 1.44. The number of nitrogens with zero attached hydrogens (tertiary/aromatic N) is 1. The predicted octanol–water partition coefficient (Wildman–Crippen LogP) is 1.95. The van der Waals surface area contributed by atoms with Crippen LogP contribution in [0.3, 0.4) is 0 Å². The van der Waals surface area contributed by atoms with Crippen LogP contribution in [-0.2, 0) is 11.3 Å². The number of nitrogens with one attached hydrogen (secondary N) is 1. The van der Waals surface area contributed by atoms with Crippen molar-refractivity contribution in [2.45, 2.75) is 26.8 Å². The summed E-state index contributed by atoms with van der Waals surface area (Å²) in [5, 5.41) is 3.34. The molecule has 1 unspecified atom stereocenters. The van der Waals surface area contributed by atoms with Gasteiger partial charge in [0.25, 0.3) is 5.56 Å². The molecule has 0 saturated heterocycles. The van der Waals surface area contributed by atoms with Gasteiger partial charge in [-0.1, -0.05) is 20.3 Å². The van der Waals surface area contributed by atoms with Crippen LogP contribution in [0, 0.1) is 5.92 Å². The van der Waals surface area contributed by atoms with Gasteiger partial charge in [0.1, 0.15) is 0 Å². The van der Waals surface area contributed by atoms with Gasteiger partial charge in [-0.05, 0) is 12.0 Å². The first-order valence-electron chi connectivity index (χ1n) is 6.10. The number of ether oxygens (including phenoxy) is 1. The van der Waals surface area contributed by atoms with E-state index < -0.39 is 0 Å². The summed E-state index contributed by atoms with van der Waals surface area (Å²) >= 11 is 0. The Bertz CT molecular complexity index is 387. The van der Waals surface area contributed by atoms with Gasteiger partial charge < -0.3 is 14.6 Å². The highest BCUT2D eigenvalue weighted by atomic mass is 16.5. The van der Waals surface area contributed by atoms with E-state index in [9.17, 15) is 4.79 Å². The molecule has 0 radical (unpaired) electrons. The molecule has 0 aliphatic heterocycles. The number of hydrogen-bond acceptors (Lipinski definition) is 3. The molecule has 0 aromatic carbocycles. The molecule has 17 heavy (non-hydrogen) atoms. The molecule has 0 aliphatic carbocycles. The molecule has 0 bridgehead atoms. The normalized spacial score (nSPS) is 12.4. The second-order valence-corrected chi connectivity index (χ2v) is 4.34. The average molecular weight is 238 g/mol. The third kappa shape index (κ3) is 4.61. The minimum atomic E-state index is 0.0103. The molecule has 4 heteroatoms. The summed E-state index contributed by atoms with van der Waals surface area (Å²) in [4.78, 5) is 11.6. The van der Waals surface area contributed by atoms with Gasteiger partial charge in [0.2, 0.25) is 0 Å². The van der Waals surface area contributed by atoms with Gasteiger partial charge in [-0.3, -0.25) is 4.79 Å². The molecule has 1 aromatic rings. The van der Waals surface area contributed by atoms with E-state index in [1.807, 2.05) is 12.3 Å². The van der Waals surface area contributed by atoms with E-state index in [1.54, 1.807) is 17.7 Å². The van der Waals surface area contributed by atoms with E-state index >= 15 is 0 Å². The van der Waals surface area contributed by atoms with E-state index in [0.717, 1.165) is 18.7 Å². The fourth-order valence-electron chi connectivity index (χ4n) is 1.44. The largest absolute Gasteiger partial charge is 0.384 e. The maximum atomic E-state index is 11.6. The SMILES string of the molecule is CCC(C)CNc1ccc(=O)n(CCOC)c1. The molecule has 96 valence electrons. The van der Waals surface area contributed by atoms with Crippen LogP contribution in [0.1, 0.15) is 20.3 Å². The van der Waals surface area contributed by atoms with Crippen molar-refractivity contribution < 1.29 is 4.74 Å². The molecule has 0 amide bonds. The molecule has 1 rings (SSSR count). The molecule has 0 spiro atoms. The van der Waals surface area contributed by atoms with Crippen molar-refractivity contribution in [2.24, 2.45) is 5.92 Å². The molecule has 1 aromatic heterocycles. The Morgan fingerprint density at radius 3 is 2.88 bits per heavy atom. The van der Waals surface area contributed by atoms with Crippen molar-refractivity contribution in [3.63, 3.8) is 0 Å². The first kappa shape index (κ1) is 13.8. The first-order chi connectivity index (χ1) is 8.17. The summed E-state index contributed by atoms with van der Waals surface area (Å²) < 4.78 is 6.65. The maximum Gasteiger partial charge on any atom is 0.250 e. The zero-order chi connectivity index (χ0) is 12.7. The van der Waals surface area contributed by atoms with Crippen LogP contribution in [-0.4, -0.2) is 24.8 Å². The third-order valence-electron chi connectivity index (χ3n) is 2.87. The molecular formula is C13H22N2O2. The summed E-state index contributed by atoms with van der Waals surface area (Å²) in [6.07, 6.45) is 3.00. The zero-order valence-corrected chi connectivity index (χ0v) is 10.9. The van der Waals surface area contributed by atoms with Crippen molar-refractivity contribution in [2.75, 3.05) is 25.6 Å². The summed E-state index contributed by atoms with van der Waals surface area (Å²) in [5.74, 6) is 0.634. The summed E-state index contributed by atoms with van der Waals surface area (Å²) in [6.45, 7) is 6.45.